The molecule has 0 aromatic heterocycles. The Hall–Kier alpha value is -3.01. The summed E-state index contributed by atoms with van der Waals surface area (Å²) >= 11 is 0. The van der Waals surface area contributed by atoms with E-state index in [1.54, 1.807) is 0 Å². The van der Waals surface area contributed by atoms with Gasteiger partial charge in [0, 0.05) is 65.4 Å². The molecule has 1 atom stereocenters. The fourth-order valence-electron chi connectivity index (χ4n) is 6.69. The Kier molecular flexibility index (Phi) is 16.1. The van der Waals surface area contributed by atoms with Gasteiger partial charge in [-0.05, 0) is 67.0 Å². The van der Waals surface area contributed by atoms with Gasteiger partial charge in [0.05, 0.1) is 19.3 Å². The van der Waals surface area contributed by atoms with Crippen molar-refractivity contribution in [2.45, 2.75) is 60.2 Å². The molecule has 0 unspecified atom stereocenters. The van der Waals surface area contributed by atoms with E-state index in [0.29, 0.717) is 13.1 Å². The number of carbonyl (C=O) groups is 1. The minimum absolute atomic E-state index is 0.0135. The van der Waals surface area contributed by atoms with Crippen molar-refractivity contribution < 1.29 is 9.53 Å². The molecule has 48 heavy (non-hydrogen) atoms. The number of ether oxygens (including phenoxy) is 1. The van der Waals surface area contributed by atoms with Crippen LogP contribution in [0.5, 0.6) is 0 Å². The second-order valence-electron chi connectivity index (χ2n) is 13.1. The summed E-state index contributed by atoms with van der Waals surface area (Å²) in [5.74, 6) is 0. The molecule has 0 aliphatic carbocycles. The normalized spacial score (nSPS) is 14.7. The smallest absolute Gasteiger partial charge is 0.318 e. The van der Waals surface area contributed by atoms with Gasteiger partial charge in [-0.3, -0.25) is 9.80 Å². The molecule has 1 fully saturated rings. The zero-order valence-electron chi connectivity index (χ0n) is 30.5. The van der Waals surface area contributed by atoms with Crippen molar-refractivity contribution in [3.05, 3.63) is 83.4 Å². The molecule has 1 aliphatic rings. The maximum Gasteiger partial charge on any atom is 0.318 e. The standard InChI is InChI=1S/C40H62N6O2/c1-6-42(7-2)24-26-45(27-25-43(8-3)9-4)32-35-18-20-36(21-19-35)33-46(23-13-22-44-28-30-48-31-29-44)40(47)41-34(5)38-17-12-15-37-14-10-11-16-39(37)38/h10-12,14-21,34H,6-9,13,22-33H2,1-5H3,(H,41,47)/t34-/m0/s1. The average molecular weight is 659 g/mol. The molecule has 8 heteroatoms. The summed E-state index contributed by atoms with van der Waals surface area (Å²) in [6.07, 6.45) is 0.933. The highest BCUT2D eigenvalue weighted by Crippen LogP contribution is 2.24. The van der Waals surface area contributed by atoms with Crippen LogP contribution in [0.15, 0.2) is 66.7 Å². The van der Waals surface area contributed by atoms with Gasteiger partial charge < -0.3 is 24.8 Å². The monoisotopic (exact) mass is 658 g/mol. The minimum Gasteiger partial charge on any atom is -0.379 e. The summed E-state index contributed by atoms with van der Waals surface area (Å²) in [5, 5.41) is 5.72. The molecular weight excluding hydrogens is 596 g/mol. The number of amides is 2. The third kappa shape index (κ3) is 11.8. The Morgan fingerprint density at radius 3 is 1.92 bits per heavy atom. The molecule has 0 saturated carbocycles. The van der Waals surface area contributed by atoms with Gasteiger partial charge in [0.2, 0.25) is 0 Å². The van der Waals surface area contributed by atoms with E-state index < -0.39 is 0 Å². The quantitative estimate of drug-likeness (QED) is 0.153. The Labute approximate surface area is 291 Å². The molecule has 2 amide bonds. The molecule has 3 aromatic carbocycles. The van der Waals surface area contributed by atoms with E-state index in [-0.39, 0.29) is 12.1 Å². The van der Waals surface area contributed by atoms with Crippen LogP contribution in [-0.4, -0.2) is 122 Å². The van der Waals surface area contributed by atoms with Crippen LogP contribution in [0, 0.1) is 0 Å². The number of hydrogen-bond donors (Lipinski definition) is 1. The summed E-state index contributed by atoms with van der Waals surface area (Å²) in [4.78, 5) is 25.9. The first-order chi connectivity index (χ1) is 23.4. The second kappa shape index (κ2) is 20.5. The Morgan fingerprint density at radius 1 is 0.729 bits per heavy atom. The van der Waals surface area contributed by atoms with Crippen LogP contribution in [0.25, 0.3) is 10.8 Å². The first-order valence-corrected chi connectivity index (χ1v) is 18.5. The fourth-order valence-corrected chi connectivity index (χ4v) is 6.69. The van der Waals surface area contributed by atoms with Gasteiger partial charge in [-0.15, -0.1) is 0 Å². The number of hydrogen-bond acceptors (Lipinski definition) is 6. The highest BCUT2D eigenvalue weighted by molar-refractivity contribution is 5.86. The van der Waals surface area contributed by atoms with Crippen LogP contribution in [0.2, 0.25) is 0 Å². The van der Waals surface area contributed by atoms with E-state index in [1.165, 1.54) is 16.3 Å². The fraction of sp³-hybridized carbons (Fsp3) is 0.575. The summed E-state index contributed by atoms with van der Waals surface area (Å²) in [5.41, 5.74) is 3.63. The predicted molar refractivity (Wildman–Crippen MR) is 200 cm³/mol. The van der Waals surface area contributed by atoms with Crippen molar-refractivity contribution in [3.63, 3.8) is 0 Å². The van der Waals surface area contributed by atoms with Gasteiger partial charge in [-0.25, -0.2) is 4.79 Å². The first kappa shape index (κ1) is 37.8. The number of rotatable bonds is 20. The predicted octanol–water partition coefficient (Wildman–Crippen LogP) is 6.32. The highest BCUT2D eigenvalue weighted by Gasteiger charge is 2.20. The number of urea groups is 1. The van der Waals surface area contributed by atoms with Crippen LogP contribution >= 0.6 is 0 Å². The Balaban J connectivity index is 1.42. The molecule has 8 nitrogen and oxygen atoms in total. The van der Waals surface area contributed by atoms with Crippen LogP contribution < -0.4 is 5.32 Å². The number of fused-ring (bicyclic) bond motifs is 1. The second-order valence-corrected chi connectivity index (χ2v) is 13.1. The van der Waals surface area contributed by atoms with Crippen molar-refractivity contribution >= 4 is 16.8 Å². The van der Waals surface area contributed by atoms with Crippen LogP contribution in [-0.2, 0) is 17.8 Å². The first-order valence-electron chi connectivity index (χ1n) is 18.5. The van der Waals surface area contributed by atoms with Gasteiger partial charge in [-0.1, -0.05) is 94.4 Å². The lowest BCUT2D eigenvalue weighted by Gasteiger charge is -2.30. The lowest BCUT2D eigenvalue weighted by atomic mass is 10.00. The molecular formula is C40H62N6O2. The molecule has 3 aromatic rings. The van der Waals surface area contributed by atoms with Gasteiger partial charge in [-0.2, -0.15) is 0 Å². The highest BCUT2D eigenvalue weighted by atomic mass is 16.5. The minimum atomic E-state index is -0.105. The van der Waals surface area contributed by atoms with Crippen LogP contribution in [0.3, 0.4) is 0 Å². The summed E-state index contributed by atoms with van der Waals surface area (Å²) in [7, 11) is 0. The van der Waals surface area contributed by atoms with Crippen LogP contribution in [0.1, 0.15) is 63.8 Å². The van der Waals surface area contributed by atoms with Crippen molar-refractivity contribution in [1.82, 2.24) is 29.8 Å². The lowest BCUT2D eigenvalue weighted by Crippen LogP contribution is -2.43. The molecule has 0 bridgehead atoms. The third-order valence-electron chi connectivity index (χ3n) is 9.98. The van der Waals surface area contributed by atoms with Crippen molar-refractivity contribution in [2.24, 2.45) is 0 Å². The third-order valence-corrected chi connectivity index (χ3v) is 9.98. The average Bonchev–Trinajstić information content (AvgIpc) is 3.12. The van der Waals surface area contributed by atoms with E-state index in [0.717, 1.165) is 109 Å². The topological polar surface area (TPSA) is 54.5 Å². The molecule has 264 valence electrons. The lowest BCUT2D eigenvalue weighted by molar-refractivity contribution is 0.0364. The number of morpholine rings is 1. The zero-order chi connectivity index (χ0) is 34.1. The van der Waals surface area contributed by atoms with Crippen molar-refractivity contribution in [2.75, 3.05) is 91.8 Å². The van der Waals surface area contributed by atoms with E-state index >= 15 is 0 Å². The maximum absolute atomic E-state index is 13.9. The Bertz CT molecular complexity index is 1320. The summed E-state index contributed by atoms with van der Waals surface area (Å²) < 4.78 is 5.54. The van der Waals surface area contributed by atoms with E-state index in [2.05, 4.69) is 126 Å². The van der Waals surface area contributed by atoms with Gasteiger partial charge in [0.15, 0.2) is 0 Å². The summed E-state index contributed by atoms with van der Waals surface area (Å²) in [6.45, 7) is 26.5. The number of nitrogens with one attached hydrogen (secondary N) is 1. The number of benzene rings is 3. The molecule has 1 saturated heterocycles. The molecule has 4 rings (SSSR count). The van der Waals surface area contributed by atoms with E-state index in [1.807, 2.05) is 4.90 Å². The molecule has 1 aliphatic heterocycles. The van der Waals surface area contributed by atoms with E-state index in [4.69, 9.17) is 4.74 Å². The van der Waals surface area contributed by atoms with Crippen LogP contribution in [0.4, 0.5) is 4.79 Å². The summed E-state index contributed by atoms with van der Waals surface area (Å²) in [6, 6.07) is 23.6. The molecule has 1 N–H and O–H groups in total. The maximum atomic E-state index is 13.9. The van der Waals surface area contributed by atoms with Gasteiger partial charge in [0.1, 0.15) is 0 Å². The van der Waals surface area contributed by atoms with Crippen molar-refractivity contribution in [3.8, 4) is 0 Å². The number of likely N-dealkylation sites (N-methyl/N-ethyl adjacent to an activating group) is 2. The Morgan fingerprint density at radius 2 is 1.29 bits per heavy atom. The van der Waals surface area contributed by atoms with E-state index in [9.17, 15) is 4.79 Å². The molecule has 0 spiro atoms. The number of nitrogens with zero attached hydrogens (tertiary/aromatic N) is 5. The molecule has 1 heterocycles. The van der Waals surface area contributed by atoms with Crippen molar-refractivity contribution in [1.29, 1.82) is 0 Å². The SMILES string of the molecule is CCN(CC)CCN(CCN(CC)CC)Cc1ccc(CN(CCCN2CCOCC2)C(=O)N[C@@H](C)c2cccc3ccccc23)cc1. The molecule has 0 radical (unpaired) electrons. The van der Waals surface area contributed by atoms with Gasteiger partial charge >= 0.3 is 6.03 Å². The zero-order valence-corrected chi connectivity index (χ0v) is 30.5. The van der Waals surface area contributed by atoms with Gasteiger partial charge in [0.25, 0.3) is 0 Å². The largest absolute Gasteiger partial charge is 0.379 e. The number of carbonyl (C=O) groups excluding carboxylic acids is 1.